The maximum absolute atomic E-state index is 13.7. The highest BCUT2D eigenvalue weighted by Crippen LogP contribution is 2.39. The quantitative estimate of drug-likeness (QED) is 0.186. The van der Waals surface area contributed by atoms with E-state index in [1.807, 2.05) is 54.6 Å². The van der Waals surface area contributed by atoms with Gasteiger partial charge in [-0.2, -0.15) is 0 Å². The molecule has 3 aromatic carbocycles. The maximum atomic E-state index is 13.7. The van der Waals surface area contributed by atoms with Crippen LogP contribution in [0.1, 0.15) is 33.9 Å². The lowest BCUT2D eigenvalue weighted by atomic mass is 10.1. The Labute approximate surface area is 240 Å². The molecule has 0 bridgehead atoms. The molecule has 0 atom stereocenters. The highest BCUT2D eigenvalue weighted by Gasteiger charge is 2.30. The second-order valence-corrected chi connectivity index (χ2v) is 10.8. The summed E-state index contributed by atoms with van der Waals surface area (Å²) in [6.45, 7) is 3.25. The van der Waals surface area contributed by atoms with Crippen LogP contribution in [0.4, 0.5) is 5.69 Å². The van der Waals surface area contributed by atoms with Gasteiger partial charge in [-0.05, 0) is 66.2 Å². The van der Waals surface area contributed by atoms with E-state index in [0.717, 1.165) is 16.9 Å². The molecule has 0 unspecified atom stereocenters. The number of anilines is 1. The lowest BCUT2D eigenvalue weighted by molar-refractivity contribution is -0.120. The summed E-state index contributed by atoms with van der Waals surface area (Å²) in [7, 11) is 1.27. The zero-order chi connectivity index (χ0) is 28.1. The van der Waals surface area contributed by atoms with E-state index >= 15 is 0 Å². The van der Waals surface area contributed by atoms with Gasteiger partial charge < -0.3 is 9.47 Å². The molecule has 0 fully saturated rings. The van der Waals surface area contributed by atoms with Crippen molar-refractivity contribution in [2.75, 3.05) is 18.6 Å². The van der Waals surface area contributed by atoms with E-state index in [-0.39, 0.29) is 39.4 Å². The topological polar surface area (TPSA) is 72.9 Å². The number of carbonyl (C=O) groups is 3. The van der Waals surface area contributed by atoms with Gasteiger partial charge in [0.15, 0.2) is 5.78 Å². The first-order chi connectivity index (χ1) is 18.7. The molecule has 200 valence electrons. The monoisotopic (exact) mass is 581 g/mol. The number of esters is 1. The number of halogens is 2. The van der Waals surface area contributed by atoms with E-state index in [1.54, 1.807) is 26.0 Å². The summed E-state index contributed by atoms with van der Waals surface area (Å²) in [6.07, 6.45) is 0. The molecule has 0 saturated carbocycles. The summed E-state index contributed by atoms with van der Waals surface area (Å²) in [6, 6.07) is 23.0. The van der Waals surface area contributed by atoms with Crippen LogP contribution >= 0.6 is 34.5 Å². The van der Waals surface area contributed by atoms with Crippen LogP contribution in [-0.2, 0) is 9.53 Å². The van der Waals surface area contributed by atoms with Gasteiger partial charge in [0.1, 0.15) is 16.4 Å². The molecule has 0 saturated heterocycles. The average molecular weight is 583 g/mol. The predicted molar refractivity (Wildman–Crippen MR) is 156 cm³/mol. The van der Waals surface area contributed by atoms with Crippen molar-refractivity contribution >= 4 is 57.9 Å². The maximum Gasteiger partial charge on any atom is 0.350 e. The number of thiophene rings is 1. The smallest absolute Gasteiger partial charge is 0.350 e. The van der Waals surface area contributed by atoms with Crippen LogP contribution < -0.4 is 9.64 Å². The predicted octanol–water partition coefficient (Wildman–Crippen LogP) is 8.17. The fourth-order valence-corrected chi connectivity index (χ4v) is 5.26. The van der Waals surface area contributed by atoms with Gasteiger partial charge in [-0.15, -0.1) is 11.3 Å². The molecule has 4 rings (SSSR count). The Hall–Kier alpha value is -3.65. The SMILES string of the molecule is COC(=O)c1sc(-c2ccc(Oc3ccccc3)cc2)cc1N(CC(=O)C(C)C)C(=O)c1ccc(Cl)cc1Cl. The van der Waals surface area contributed by atoms with Gasteiger partial charge in [0.25, 0.3) is 5.91 Å². The molecule has 4 aromatic rings. The van der Waals surface area contributed by atoms with Gasteiger partial charge in [-0.3, -0.25) is 14.5 Å². The number of nitrogens with zero attached hydrogens (tertiary/aromatic N) is 1. The van der Waals surface area contributed by atoms with Gasteiger partial charge >= 0.3 is 5.97 Å². The van der Waals surface area contributed by atoms with E-state index < -0.39 is 11.9 Å². The molecule has 1 aromatic heterocycles. The highest BCUT2D eigenvalue weighted by atomic mass is 35.5. The summed E-state index contributed by atoms with van der Waals surface area (Å²) in [5.74, 6) is -0.320. The molecule has 6 nitrogen and oxygen atoms in total. The van der Waals surface area contributed by atoms with Crippen molar-refractivity contribution in [2.24, 2.45) is 5.92 Å². The number of hydrogen-bond donors (Lipinski definition) is 0. The lowest BCUT2D eigenvalue weighted by Crippen LogP contribution is -2.38. The third-order valence-corrected chi connectivity index (χ3v) is 7.56. The third kappa shape index (κ3) is 6.68. The summed E-state index contributed by atoms with van der Waals surface area (Å²) < 4.78 is 10.9. The zero-order valence-corrected chi connectivity index (χ0v) is 23.8. The largest absolute Gasteiger partial charge is 0.465 e. The molecule has 9 heteroatoms. The highest BCUT2D eigenvalue weighted by molar-refractivity contribution is 7.18. The molecule has 1 heterocycles. The molecular formula is C30H25Cl2NO5S. The number of hydrogen-bond acceptors (Lipinski definition) is 6. The Kier molecular flexibility index (Phi) is 9.07. The van der Waals surface area contributed by atoms with E-state index in [2.05, 4.69) is 0 Å². The second-order valence-electron chi connectivity index (χ2n) is 8.89. The van der Waals surface area contributed by atoms with Gasteiger partial charge in [0, 0.05) is 15.8 Å². The van der Waals surface area contributed by atoms with Crippen molar-refractivity contribution in [1.82, 2.24) is 0 Å². The fraction of sp³-hybridized carbons (Fsp3) is 0.167. The Morgan fingerprint density at radius 1 is 0.897 bits per heavy atom. The van der Waals surface area contributed by atoms with Crippen molar-refractivity contribution in [3.63, 3.8) is 0 Å². The normalized spacial score (nSPS) is 10.8. The van der Waals surface area contributed by atoms with Crippen LogP contribution in [0, 0.1) is 5.92 Å². The first-order valence-electron chi connectivity index (χ1n) is 12.0. The minimum absolute atomic E-state index is 0.138. The third-order valence-electron chi connectivity index (χ3n) is 5.86. The molecule has 39 heavy (non-hydrogen) atoms. The molecule has 0 aliphatic rings. The Morgan fingerprint density at radius 2 is 1.56 bits per heavy atom. The van der Waals surface area contributed by atoms with Gasteiger partial charge in [-0.25, -0.2) is 4.79 Å². The number of Topliss-reactive ketones (excluding diaryl/α,β-unsaturated/α-hetero) is 1. The Morgan fingerprint density at radius 3 is 2.18 bits per heavy atom. The molecule has 1 amide bonds. The second kappa shape index (κ2) is 12.5. The fourth-order valence-electron chi connectivity index (χ4n) is 3.69. The van der Waals surface area contributed by atoms with E-state index in [9.17, 15) is 14.4 Å². The van der Waals surface area contributed by atoms with Crippen molar-refractivity contribution in [3.05, 3.63) is 99.3 Å². The van der Waals surface area contributed by atoms with Gasteiger partial charge in [0.05, 0.1) is 29.9 Å². The average Bonchev–Trinajstić information content (AvgIpc) is 3.37. The van der Waals surface area contributed by atoms with E-state index in [0.29, 0.717) is 21.4 Å². The minimum Gasteiger partial charge on any atom is -0.465 e. The van der Waals surface area contributed by atoms with Gasteiger partial charge in [0.2, 0.25) is 0 Å². The molecule has 0 spiro atoms. The van der Waals surface area contributed by atoms with Crippen molar-refractivity contribution in [3.8, 4) is 21.9 Å². The summed E-state index contributed by atoms with van der Waals surface area (Å²) in [4.78, 5) is 41.6. The molecule has 0 aliphatic carbocycles. The number of methoxy groups -OCH3 is 1. The Bertz CT molecular complexity index is 1500. The number of para-hydroxylation sites is 1. The number of ketones is 1. The van der Waals surface area contributed by atoms with Crippen molar-refractivity contribution in [1.29, 1.82) is 0 Å². The standard InChI is InChI=1S/C30H25Cl2NO5S/c1-18(2)26(34)17-33(29(35)23-14-11-20(31)15-24(23)32)25-16-27(39-28(25)30(36)37-3)19-9-12-22(13-10-19)38-21-7-5-4-6-8-21/h4-16,18H,17H2,1-3H3. The molecular weight excluding hydrogens is 557 g/mol. The molecule has 0 radical (unpaired) electrons. The minimum atomic E-state index is -0.623. The lowest BCUT2D eigenvalue weighted by Gasteiger charge is -2.23. The number of benzene rings is 3. The molecule has 0 aliphatic heterocycles. The van der Waals surface area contributed by atoms with Crippen LogP contribution in [0.2, 0.25) is 10.0 Å². The number of carbonyl (C=O) groups excluding carboxylic acids is 3. The summed E-state index contributed by atoms with van der Waals surface area (Å²) in [5.41, 5.74) is 1.21. The van der Waals surface area contributed by atoms with Crippen LogP contribution in [0.15, 0.2) is 78.9 Å². The van der Waals surface area contributed by atoms with Crippen LogP contribution in [0.3, 0.4) is 0 Å². The van der Waals surface area contributed by atoms with Crippen LogP contribution in [-0.4, -0.2) is 31.3 Å². The Balaban J connectivity index is 1.75. The number of ether oxygens (including phenoxy) is 2. The number of amides is 1. The van der Waals surface area contributed by atoms with Crippen LogP contribution in [0.25, 0.3) is 10.4 Å². The summed E-state index contributed by atoms with van der Waals surface area (Å²) in [5, 5.41) is 0.507. The zero-order valence-electron chi connectivity index (χ0n) is 21.4. The van der Waals surface area contributed by atoms with E-state index in [4.69, 9.17) is 32.7 Å². The van der Waals surface area contributed by atoms with Crippen LogP contribution in [0.5, 0.6) is 11.5 Å². The molecule has 0 N–H and O–H groups in total. The number of rotatable bonds is 9. The van der Waals surface area contributed by atoms with Gasteiger partial charge in [-0.1, -0.05) is 55.2 Å². The first kappa shape index (κ1) is 28.4. The summed E-state index contributed by atoms with van der Waals surface area (Å²) >= 11 is 13.5. The van der Waals surface area contributed by atoms with Crippen molar-refractivity contribution in [2.45, 2.75) is 13.8 Å². The van der Waals surface area contributed by atoms with E-state index in [1.165, 1.54) is 24.1 Å². The first-order valence-corrected chi connectivity index (χ1v) is 13.6. The van der Waals surface area contributed by atoms with Crippen molar-refractivity contribution < 1.29 is 23.9 Å².